The molecule has 0 aromatic carbocycles. The van der Waals surface area contributed by atoms with Crippen LogP contribution in [0.2, 0.25) is 0 Å². The van der Waals surface area contributed by atoms with Crippen LogP contribution in [0.3, 0.4) is 0 Å². The van der Waals surface area contributed by atoms with E-state index in [2.05, 4.69) is 30.4 Å². The van der Waals surface area contributed by atoms with Crippen molar-refractivity contribution in [3.63, 3.8) is 0 Å². The van der Waals surface area contributed by atoms with Gasteiger partial charge in [-0.05, 0) is 26.7 Å². The van der Waals surface area contributed by atoms with E-state index in [0.717, 1.165) is 0 Å². The standard InChI is InChI=1S/C18H27N7O/c1-10(2)11-12(19-9)15(22-20-11)23-21-13-14(17(3,4)5)24-25(16(13)26)18(6,7)8/h10,26H,1-8H3,(H,20,22)/b23-21+. The Bertz CT molecular complexity index is 867. The monoisotopic (exact) mass is 357 g/mol. The maximum atomic E-state index is 10.7. The van der Waals surface area contributed by atoms with E-state index in [0.29, 0.717) is 22.8 Å². The van der Waals surface area contributed by atoms with Crippen molar-refractivity contribution in [3.05, 3.63) is 22.8 Å². The Kier molecular flexibility index (Phi) is 4.95. The third-order valence-electron chi connectivity index (χ3n) is 3.84. The van der Waals surface area contributed by atoms with E-state index < -0.39 is 5.54 Å². The third kappa shape index (κ3) is 3.62. The largest absolute Gasteiger partial charge is 0.492 e. The van der Waals surface area contributed by atoms with Crippen LogP contribution in [-0.2, 0) is 11.0 Å². The summed E-state index contributed by atoms with van der Waals surface area (Å²) in [6.07, 6.45) is 0. The molecule has 8 nitrogen and oxygen atoms in total. The van der Waals surface area contributed by atoms with Gasteiger partial charge in [-0.3, -0.25) is 5.10 Å². The van der Waals surface area contributed by atoms with Crippen molar-refractivity contribution in [2.75, 3.05) is 0 Å². The van der Waals surface area contributed by atoms with Crippen molar-refractivity contribution in [3.8, 4) is 5.88 Å². The number of nitrogens with zero attached hydrogens (tertiary/aromatic N) is 6. The summed E-state index contributed by atoms with van der Waals surface area (Å²) in [5.41, 5.74) is 1.22. The van der Waals surface area contributed by atoms with Gasteiger partial charge in [0.25, 0.3) is 5.69 Å². The molecule has 0 spiro atoms. The van der Waals surface area contributed by atoms with Gasteiger partial charge in [0.15, 0.2) is 11.5 Å². The van der Waals surface area contributed by atoms with Crippen molar-refractivity contribution < 1.29 is 5.11 Å². The Balaban J connectivity index is 2.58. The highest BCUT2D eigenvalue weighted by Gasteiger charge is 2.31. The molecule has 2 N–H and O–H groups in total. The van der Waals surface area contributed by atoms with Crippen molar-refractivity contribution in [1.29, 1.82) is 0 Å². The summed E-state index contributed by atoms with van der Waals surface area (Å²) >= 11 is 0. The van der Waals surface area contributed by atoms with Gasteiger partial charge in [0.1, 0.15) is 0 Å². The summed E-state index contributed by atoms with van der Waals surface area (Å²) in [7, 11) is 0. The van der Waals surface area contributed by atoms with Gasteiger partial charge < -0.3 is 5.11 Å². The summed E-state index contributed by atoms with van der Waals surface area (Å²) in [5, 5.41) is 30.5. The van der Waals surface area contributed by atoms with Crippen LogP contribution in [0.15, 0.2) is 10.2 Å². The third-order valence-corrected chi connectivity index (χ3v) is 3.84. The van der Waals surface area contributed by atoms with Gasteiger partial charge in [-0.2, -0.15) is 10.2 Å². The number of aromatic nitrogens is 4. The van der Waals surface area contributed by atoms with Crippen LogP contribution in [-0.4, -0.2) is 25.1 Å². The van der Waals surface area contributed by atoms with Crippen molar-refractivity contribution >= 4 is 17.2 Å². The van der Waals surface area contributed by atoms with Crippen LogP contribution in [0, 0.1) is 6.57 Å². The lowest BCUT2D eigenvalue weighted by Crippen LogP contribution is -2.24. The number of azo groups is 1. The summed E-state index contributed by atoms with van der Waals surface area (Å²) in [4.78, 5) is 3.52. The van der Waals surface area contributed by atoms with Gasteiger partial charge in [0, 0.05) is 5.41 Å². The molecule has 0 aliphatic heterocycles. The first kappa shape index (κ1) is 19.6. The molecule has 2 aromatic heterocycles. The van der Waals surface area contributed by atoms with Gasteiger partial charge in [-0.1, -0.05) is 34.6 Å². The average molecular weight is 357 g/mol. The molecule has 140 valence electrons. The number of hydrogen-bond donors (Lipinski definition) is 2. The second-order valence-corrected chi connectivity index (χ2v) is 8.63. The fraction of sp³-hybridized carbons (Fsp3) is 0.611. The maximum absolute atomic E-state index is 10.7. The highest BCUT2D eigenvalue weighted by Crippen LogP contribution is 2.42. The molecule has 0 fully saturated rings. The Morgan fingerprint density at radius 1 is 1.15 bits per heavy atom. The van der Waals surface area contributed by atoms with E-state index in [-0.39, 0.29) is 23.0 Å². The van der Waals surface area contributed by atoms with Gasteiger partial charge in [0.2, 0.25) is 5.88 Å². The fourth-order valence-electron chi connectivity index (χ4n) is 2.49. The molecule has 2 rings (SSSR count). The van der Waals surface area contributed by atoms with Crippen molar-refractivity contribution in [1.82, 2.24) is 20.0 Å². The SMILES string of the molecule is [C-]#[N+]c1c(C(C)C)n[nH]c1/N=N/c1c(C(C)(C)C)nn(C(C)(C)C)c1O. The normalized spacial score (nSPS) is 12.9. The highest BCUT2D eigenvalue weighted by molar-refractivity contribution is 5.66. The van der Waals surface area contributed by atoms with Crippen LogP contribution < -0.4 is 0 Å². The molecule has 0 saturated carbocycles. The minimum absolute atomic E-state index is 0.0425. The first-order valence-corrected chi connectivity index (χ1v) is 8.58. The van der Waals surface area contributed by atoms with Gasteiger partial charge >= 0.3 is 0 Å². The number of rotatable bonds is 3. The van der Waals surface area contributed by atoms with E-state index in [1.807, 2.05) is 55.4 Å². The maximum Gasteiger partial charge on any atom is 0.254 e. The van der Waals surface area contributed by atoms with E-state index in [9.17, 15) is 5.11 Å². The molecule has 0 amide bonds. The molecule has 0 radical (unpaired) electrons. The van der Waals surface area contributed by atoms with Crippen LogP contribution in [0.25, 0.3) is 4.85 Å². The molecule has 2 heterocycles. The van der Waals surface area contributed by atoms with Crippen LogP contribution >= 0.6 is 0 Å². The molecule has 2 aromatic rings. The zero-order chi connectivity index (χ0) is 19.9. The van der Waals surface area contributed by atoms with Crippen LogP contribution in [0.1, 0.15) is 72.7 Å². The molecule has 0 aliphatic carbocycles. The number of nitrogens with one attached hydrogen (secondary N) is 1. The van der Waals surface area contributed by atoms with Crippen LogP contribution in [0.4, 0.5) is 17.2 Å². The first-order valence-electron chi connectivity index (χ1n) is 8.58. The lowest BCUT2D eigenvalue weighted by molar-refractivity contribution is 0.292. The van der Waals surface area contributed by atoms with Crippen molar-refractivity contribution in [2.45, 2.75) is 72.3 Å². The predicted octanol–water partition coefficient (Wildman–Crippen LogP) is 5.45. The van der Waals surface area contributed by atoms with E-state index >= 15 is 0 Å². The summed E-state index contributed by atoms with van der Waals surface area (Å²) in [5.74, 6) is 0.340. The minimum atomic E-state index is -0.404. The first-order chi connectivity index (χ1) is 11.9. The number of aromatic hydroxyl groups is 1. The van der Waals surface area contributed by atoms with Crippen molar-refractivity contribution in [2.24, 2.45) is 10.2 Å². The quantitative estimate of drug-likeness (QED) is 0.564. The molecule has 0 saturated heterocycles. The lowest BCUT2D eigenvalue weighted by atomic mass is 9.91. The molecule has 0 atom stereocenters. The van der Waals surface area contributed by atoms with Gasteiger partial charge in [-0.25, -0.2) is 9.53 Å². The molecule has 26 heavy (non-hydrogen) atoms. The minimum Gasteiger partial charge on any atom is -0.492 e. The van der Waals surface area contributed by atoms with Gasteiger partial charge in [-0.15, -0.1) is 10.2 Å². The Morgan fingerprint density at radius 3 is 2.23 bits per heavy atom. The fourth-order valence-corrected chi connectivity index (χ4v) is 2.49. The zero-order valence-corrected chi connectivity index (χ0v) is 16.7. The second kappa shape index (κ2) is 6.56. The molecule has 0 unspecified atom stereocenters. The Morgan fingerprint density at radius 2 is 1.77 bits per heavy atom. The predicted molar refractivity (Wildman–Crippen MR) is 101 cm³/mol. The number of hydrogen-bond acceptors (Lipinski definition) is 5. The van der Waals surface area contributed by atoms with E-state index in [1.54, 1.807) is 4.68 Å². The summed E-state index contributed by atoms with van der Waals surface area (Å²) < 4.78 is 1.55. The average Bonchev–Trinajstić information content (AvgIpc) is 3.04. The molecule has 8 heteroatoms. The topological polar surface area (TPSA) is 95.8 Å². The number of aromatic amines is 1. The smallest absolute Gasteiger partial charge is 0.254 e. The van der Waals surface area contributed by atoms with E-state index in [4.69, 9.17) is 6.57 Å². The number of H-pyrrole nitrogens is 1. The van der Waals surface area contributed by atoms with Gasteiger partial charge in [0.05, 0.1) is 23.5 Å². The summed E-state index contributed by atoms with van der Waals surface area (Å²) in [6, 6.07) is 0. The lowest BCUT2D eigenvalue weighted by Gasteiger charge is -2.20. The summed E-state index contributed by atoms with van der Waals surface area (Å²) in [6.45, 7) is 23.2. The highest BCUT2D eigenvalue weighted by atomic mass is 16.3. The Hall–Kier alpha value is -2.69. The Labute approximate surface area is 154 Å². The molecule has 0 bridgehead atoms. The second-order valence-electron chi connectivity index (χ2n) is 8.63. The molecular formula is C18H27N7O. The zero-order valence-electron chi connectivity index (χ0n) is 16.7. The molecular weight excluding hydrogens is 330 g/mol. The van der Waals surface area contributed by atoms with E-state index in [1.165, 1.54) is 0 Å². The van der Waals surface area contributed by atoms with Crippen LogP contribution in [0.5, 0.6) is 5.88 Å². The molecule has 0 aliphatic rings.